The van der Waals surface area contributed by atoms with Gasteiger partial charge in [-0.3, -0.25) is 0 Å². The zero-order valence-corrected chi connectivity index (χ0v) is 11.7. The topological polar surface area (TPSA) is 149 Å². The van der Waals surface area contributed by atoms with Crippen LogP contribution in [0, 0.1) is 0 Å². The van der Waals surface area contributed by atoms with Crippen LogP contribution in [0.1, 0.15) is 13.8 Å². The van der Waals surface area contributed by atoms with Crippen molar-refractivity contribution in [1.29, 1.82) is 0 Å². The minimum atomic E-state index is -1.58. The number of hydrogen-bond donors (Lipinski definition) is 6. The first-order valence-corrected chi connectivity index (χ1v) is 6.78. The fourth-order valence-corrected chi connectivity index (χ4v) is 2.45. The van der Waals surface area contributed by atoms with Gasteiger partial charge in [0.05, 0.1) is 12.2 Å². The van der Waals surface area contributed by atoms with E-state index in [1.807, 2.05) is 0 Å². The van der Waals surface area contributed by atoms with E-state index in [2.05, 4.69) is 0 Å². The minimum absolute atomic E-state index is 0.793. The molecule has 2 rings (SSSR count). The van der Waals surface area contributed by atoms with E-state index in [0.717, 1.165) is 0 Å². The molecule has 10 atom stereocenters. The maximum absolute atomic E-state index is 9.91. The number of hydrogen-bond acceptors (Lipinski definition) is 9. The quantitative estimate of drug-likeness (QED) is 0.308. The SMILES string of the molecule is C[C@@H]1O[C@H](O[C@H]2C(O)O[C@H](C)[C@H](O)[C@@H]2O)[C@@H](O)[C@H](O)[C@@H]1O. The predicted octanol–water partition coefficient (Wildman–Crippen LogP) is -3.34. The Kier molecular flexibility index (Phi) is 5.19. The molecule has 2 aliphatic heterocycles. The molecule has 0 spiro atoms. The largest absolute Gasteiger partial charge is 0.388 e. The van der Waals surface area contributed by atoms with Crippen LogP contribution in [0.4, 0.5) is 0 Å². The number of rotatable bonds is 2. The highest BCUT2D eigenvalue weighted by atomic mass is 16.7. The molecular weight excluding hydrogens is 288 g/mol. The summed E-state index contributed by atoms with van der Waals surface area (Å²) in [6.07, 6.45) is -13.0. The molecule has 2 heterocycles. The second-order valence-corrected chi connectivity index (χ2v) is 5.50. The first-order chi connectivity index (χ1) is 9.73. The van der Waals surface area contributed by atoms with Crippen molar-refractivity contribution in [1.82, 2.24) is 0 Å². The van der Waals surface area contributed by atoms with Crippen molar-refractivity contribution in [3.05, 3.63) is 0 Å². The molecule has 0 aromatic heterocycles. The summed E-state index contributed by atoms with van der Waals surface area (Å²) in [5.41, 5.74) is 0. The second kappa shape index (κ2) is 6.41. The Labute approximate surface area is 121 Å². The molecule has 2 fully saturated rings. The van der Waals surface area contributed by atoms with Gasteiger partial charge in [0, 0.05) is 0 Å². The smallest absolute Gasteiger partial charge is 0.187 e. The van der Waals surface area contributed by atoms with E-state index < -0.39 is 61.4 Å². The Bertz CT molecular complexity index is 354. The molecule has 0 aromatic carbocycles. The summed E-state index contributed by atoms with van der Waals surface area (Å²) >= 11 is 0. The average molecular weight is 310 g/mol. The Morgan fingerprint density at radius 2 is 1.19 bits per heavy atom. The van der Waals surface area contributed by atoms with E-state index in [1.54, 1.807) is 0 Å². The summed E-state index contributed by atoms with van der Waals surface area (Å²) < 4.78 is 15.5. The lowest BCUT2D eigenvalue weighted by Crippen LogP contribution is -2.62. The summed E-state index contributed by atoms with van der Waals surface area (Å²) in [4.78, 5) is 0. The summed E-state index contributed by atoms with van der Waals surface area (Å²) in [6, 6.07) is 0. The molecule has 9 heteroatoms. The van der Waals surface area contributed by atoms with Gasteiger partial charge in [0.2, 0.25) is 0 Å². The van der Waals surface area contributed by atoms with Crippen molar-refractivity contribution in [2.75, 3.05) is 0 Å². The van der Waals surface area contributed by atoms with Crippen LogP contribution in [0.3, 0.4) is 0 Å². The van der Waals surface area contributed by atoms with Crippen LogP contribution in [0.25, 0.3) is 0 Å². The van der Waals surface area contributed by atoms with Crippen LogP contribution >= 0.6 is 0 Å². The van der Waals surface area contributed by atoms with E-state index in [4.69, 9.17) is 14.2 Å². The molecule has 0 saturated carbocycles. The van der Waals surface area contributed by atoms with Crippen LogP contribution in [0.2, 0.25) is 0 Å². The molecule has 1 unspecified atom stereocenters. The monoisotopic (exact) mass is 310 g/mol. The summed E-state index contributed by atoms with van der Waals surface area (Å²) in [6.45, 7) is 2.94. The number of aliphatic hydroxyl groups excluding tert-OH is 6. The van der Waals surface area contributed by atoms with Gasteiger partial charge in [0.15, 0.2) is 12.6 Å². The number of ether oxygens (including phenoxy) is 3. The Hall–Kier alpha value is -0.360. The van der Waals surface area contributed by atoms with Gasteiger partial charge in [-0.25, -0.2) is 0 Å². The molecule has 0 aromatic rings. The maximum atomic E-state index is 9.91. The number of aliphatic hydroxyl groups is 6. The molecule has 2 saturated heterocycles. The van der Waals surface area contributed by atoms with Gasteiger partial charge >= 0.3 is 0 Å². The van der Waals surface area contributed by atoms with E-state index in [1.165, 1.54) is 13.8 Å². The standard InChI is InChI=1S/C12H22O9/c1-3-6(14)8(16)10(11(18)19-3)21-12-9(17)7(15)5(13)4(2)20-12/h3-18H,1-2H3/t3-,4+,5-,6+,7-,8+,9+,10-,11?,12-/m1/s1. The average Bonchev–Trinajstić information content (AvgIpc) is 2.44. The van der Waals surface area contributed by atoms with Crippen molar-refractivity contribution < 1.29 is 44.8 Å². The summed E-state index contributed by atoms with van der Waals surface area (Å²) in [5.74, 6) is 0. The van der Waals surface area contributed by atoms with E-state index in [-0.39, 0.29) is 0 Å². The van der Waals surface area contributed by atoms with Crippen LogP contribution in [0.5, 0.6) is 0 Å². The predicted molar refractivity (Wildman–Crippen MR) is 65.8 cm³/mol. The molecule has 0 radical (unpaired) electrons. The first kappa shape index (κ1) is 17.0. The highest BCUT2D eigenvalue weighted by molar-refractivity contribution is 4.91. The maximum Gasteiger partial charge on any atom is 0.187 e. The second-order valence-electron chi connectivity index (χ2n) is 5.50. The van der Waals surface area contributed by atoms with Gasteiger partial charge in [-0.15, -0.1) is 0 Å². The van der Waals surface area contributed by atoms with Crippen molar-refractivity contribution in [2.45, 2.75) is 75.3 Å². The van der Waals surface area contributed by atoms with E-state index in [0.29, 0.717) is 0 Å². The Morgan fingerprint density at radius 1 is 0.667 bits per heavy atom. The third-order valence-corrected chi connectivity index (χ3v) is 3.90. The zero-order chi connectivity index (χ0) is 15.9. The molecule has 0 amide bonds. The normalized spacial score (nSPS) is 55.4. The van der Waals surface area contributed by atoms with Crippen molar-refractivity contribution >= 4 is 0 Å². The molecule has 0 bridgehead atoms. The van der Waals surface area contributed by atoms with Crippen LogP contribution in [0.15, 0.2) is 0 Å². The van der Waals surface area contributed by atoms with E-state index >= 15 is 0 Å². The molecular formula is C12H22O9. The highest BCUT2D eigenvalue weighted by Gasteiger charge is 2.48. The van der Waals surface area contributed by atoms with Crippen LogP contribution in [-0.2, 0) is 14.2 Å². The molecule has 21 heavy (non-hydrogen) atoms. The van der Waals surface area contributed by atoms with Gasteiger partial charge in [-0.2, -0.15) is 0 Å². The van der Waals surface area contributed by atoms with Crippen LogP contribution in [-0.4, -0.2) is 92.1 Å². The van der Waals surface area contributed by atoms with Crippen molar-refractivity contribution in [3.63, 3.8) is 0 Å². The lowest BCUT2D eigenvalue weighted by atomic mass is 9.98. The lowest BCUT2D eigenvalue weighted by molar-refractivity contribution is -0.356. The van der Waals surface area contributed by atoms with Gasteiger partial charge in [-0.1, -0.05) is 0 Å². The summed E-state index contributed by atoms with van der Waals surface area (Å²) in [7, 11) is 0. The van der Waals surface area contributed by atoms with Crippen molar-refractivity contribution in [2.24, 2.45) is 0 Å². The van der Waals surface area contributed by atoms with Gasteiger partial charge in [-0.05, 0) is 13.8 Å². The molecule has 2 aliphatic rings. The highest BCUT2D eigenvalue weighted by Crippen LogP contribution is 2.28. The Morgan fingerprint density at radius 3 is 1.81 bits per heavy atom. The van der Waals surface area contributed by atoms with E-state index in [9.17, 15) is 30.6 Å². The zero-order valence-electron chi connectivity index (χ0n) is 11.7. The van der Waals surface area contributed by atoms with Gasteiger partial charge in [0.25, 0.3) is 0 Å². The first-order valence-electron chi connectivity index (χ1n) is 6.78. The van der Waals surface area contributed by atoms with Crippen molar-refractivity contribution in [3.8, 4) is 0 Å². The third kappa shape index (κ3) is 3.21. The fraction of sp³-hybridized carbons (Fsp3) is 1.00. The lowest BCUT2D eigenvalue weighted by Gasteiger charge is -2.44. The van der Waals surface area contributed by atoms with Gasteiger partial charge < -0.3 is 44.8 Å². The summed E-state index contributed by atoms with van der Waals surface area (Å²) in [5, 5.41) is 58.5. The molecule has 6 N–H and O–H groups in total. The molecule has 9 nitrogen and oxygen atoms in total. The molecule has 124 valence electrons. The fourth-order valence-electron chi connectivity index (χ4n) is 2.45. The third-order valence-electron chi connectivity index (χ3n) is 3.90. The Balaban J connectivity index is 2.06. The minimum Gasteiger partial charge on any atom is -0.388 e. The van der Waals surface area contributed by atoms with Crippen LogP contribution < -0.4 is 0 Å². The molecule has 0 aliphatic carbocycles. The van der Waals surface area contributed by atoms with Gasteiger partial charge in [0.1, 0.15) is 36.6 Å².